The quantitative estimate of drug-likeness (QED) is 0.641. The lowest BCUT2D eigenvalue weighted by molar-refractivity contribution is -0.123. The first kappa shape index (κ1) is 11.1. The van der Waals surface area contributed by atoms with E-state index in [1.54, 1.807) is 24.3 Å². The summed E-state index contributed by atoms with van der Waals surface area (Å²) >= 11 is 6.27. The fourth-order valence-corrected chi connectivity index (χ4v) is 2.11. The number of hydrogen-bond acceptors (Lipinski definition) is 5. The second kappa shape index (κ2) is 4.63. The molecule has 0 saturated carbocycles. The Morgan fingerprint density at radius 3 is 2.69 bits per heavy atom. The molecule has 1 aromatic carbocycles. The maximum absolute atomic E-state index is 11.3. The molecule has 6 heteroatoms. The minimum absolute atomic E-state index is 0.106. The van der Waals surface area contributed by atoms with E-state index in [9.17, 15) is 4.79 Å². The van der Waals surface area contributed by atoms with Crippen molar-refractivity contribution in [2.75, 3.05) is 5.75 Å². The largest absolute Gasteiger partial charge is 0.508 e. The number of rotatable bonds is 2. The Hall–Kier alpha value is -1.40. The molecule has 16 heavy (non-hydrogen) atoms. The van der Waals surface area contributed by atoms with Gasteiger partial charge in [0.1, 0.15) is 5.75 Å². The summed E-state index contributed by atoms with van der Waals surface area (Å²) in [4.78, 5) is 11.3. The summed E-state index contributed by atoms with van der Waals surface area (Å²) < 4.78 is 0.472. The van der Waals surface area contributed by atoms with Crippen molar-refractivity contribution in [3.63, 3.8) is 0 Å². The third-order valence-corrected chi connectivity index (χ3v) is 3.28. The average Bonchev–Trinajstić information content (AvgIpc) is 2.59. The Kier molecular flexibility index (Phi) is 3.21. The van der Waals surface area contributed by atoms with Crippen LogP contribution in [0.4, 0.5) is 0 Å². The van der Waals surface area contributed by atoms with Crippen molar-refractivity contribution in [3.05, 3.63) is 29.8 Å². The summed E-state index contributed by atoms with van der Waals surface area (Å²) in [7, 11) is 0. The van der Waals surface area contributed by atoms with Gasteiger partial charge >= 0.3 is 0 Å². The van der Waals surface area contributed by atoms with Crippen LogP contribution in [0.5, 0.6) is 5.75 Å². The van der Waals surface area contributed by atoms with E-state index < -0.39 is 0 Å². The molecule has 2 rings (SSSR count). The lowest BCUT2D eigenvalue weighted by Crippen LogP contribution is -2.22. The number of hydrogen-bond donors (Lipinski definition) is 1. The third-order valence-electron chi connectivity index (χ3n) is 1.94. The van der Waals surface area contributed by atoms with Crippen molar-refractivity contribution in [3.8, 4) is 5.75 Å². The van der Waals surface area contributed by atoms with Crippen molar-refractivity contribution in [1.29, 1.82) is 0 Å². The molecule has 0 unspecified atom stereocenters. The van der Waals surface area contributed by atoms with Crippen LogP contribution in [0.25, 0.3) is 0 Å². The number of aromatic hydroxyl groups is 1. The number of phenolic OH excluding ortho intramolecular Hbond substituents is 1. The molecule has 1 aliphatic rings. The number of thiocarbonyl (C=S) groups is 1. The molecule has 0 atom stereocenters. The smallest absolute Gasteiger partial charge is 0.259 e. The number of amides is 1. The monoisotopic (exact) mass is 252 g/mol. The fourth-order valence-electron chi connectivity index (χ4n) is 1.14. The molecule has 0 spiro atoms. The Bertz CT molecular complexity index is 440. The molecule has 0 aromatic heterocycles. The van der Waals surface area contributed by atoms with Crippen molar-refractivity contribution in [2.45, 2.75) is 0 Å². The first-order chi connectivity index (χ1) is 7.66. The summed E-state index contributed by atoms with van der Waals surface area (Å²) in [5, 5.41) is 14.3. The first-order valence-corrected chi connectivity index (χ1v) is 5.89. The van der Waals surface area contributed by atoms with Gasteiger partial charge in [-0.1, -0.05) is 24.0 Å². The van der Waals surface area contributed by atoms with E-state index in [0.29, 0.717) is 10.1 Å². The summed E-state index contributed by atoms with van der Waals surface area (Å²) in [6.45, 7) is 0. The van der Waals surface area contributed by atoms with Crippen LogP contribution in [0.15, 0.2) is 29.4 Å². The average molecular weight is 252 g/mol. The Labute approximate surface area is 102 Å². The highest BCUT2D eigenvalue weighted by Crippen LogP contribution is 2.19. The minimum atomic E-state index is -0.106. The number of carbonyl (C=O) groups is 1. The zero-order valence-corrected chi connectivity index (χ0v) is 9.79. The molecular formula is C10H8N2O2S2. The van der Waals surface area contributed by atoms with E-state index in [4.69, 9.17) is 17.3 Å². The topological polar surface area (TPSA) is 52.9 Å². The van der Waals surface area contributed by atoms with Gasteiger partial charge in [-0.05, 0) is 29.8 Å². The molecule has 1 fully saturated rings. The molecule has 1 N–H and O–H groups in total. The van der Waals surface area contributed by atoms with Crippen molar-refractivity contribution in [2.24, 2.45) is 5.10 Å². The van der Waals surface area contributed by atoms with E-state index in [1.165, 1.54) is 23.0 Å². The van der Waals surface area contributed by atoms with Gasteiger partial charge in [0.25, 0.3) is 5.91 Å². The highest BCUT2D eigenvalue weighted by Gasteiger charge is 2.25. The zero-order chi connectivity index (χ0) is 11.5. The molecule has 82 valence electrons. The van der Waals surface area contributed by atoms with Crippen molar-refractivity contribution < 1.29 is 9.90 Å². The lowest BCUT2D eigenvalue weighted by Gasteiger charge is -2.06. The van der Waals surface area contributed by atoms with Gasteiger partial charge in [0.2, 0.25) is 0 Å². The van der Waals surface area contributed by atoms with Gasteiger partial charge in [-0.15, -0.1) is 0 Å². The normalized spacial score (nSPS) is 16.4. The van der Waals surface area contributed by atoms with Gasteiger partial charge in [-0.2, -0.15) is 10.1 Å². The highest BCUT2D eigenvalue weighted by molar-refractivity contribution is 8.23. The van der Waals surface area contributed by atoms with Crippen LogP contribution in [-0.2, 0) is 4.79 Å². The van der Waals surface area contributed by atoms with Crippen LogP contribution in [-0.4, -0.2) is 32.3 Å². The number of hydrazone groups is 1. The maximum Gasteiger partial charge on any atom is 0.259 e. The number of benzene rings is 1. The van der Waals surface area contributed by atoms with Crippen molar-refractivity contribution in [1.82, 2.24) is 5.01 Å². The van der Waals surface area contributed by atoms with E-state index in [0.717, 1.165) is 5.56 Å². The number of carbonyl (C=O) groups excluding carboxylic acids is 1. The second-order valence-corrected chi connectivity index (χ2v) is 4.71. The van der Waals surface area contributed by atoms with Crippen LogP contribution in [0.1, 0.15) is 5.56 Å². The van der Waals surface area contributed by atoms with E-state index >= 15 is 0 Å². The molecule has 0 radical (unpaired) electrons. The lowest BCUT2D eigenvalue weighted by atomic mass is 10.2. The van der Waals surface area contributed by atoms with Gasteiger partial charge in [0.05, 0.1) is 12.0 Å². The molecule has 0 aliphatic carbocycles. The molecule has 1 amide bonds. The van der Waals surface area contributed by atoms with Gasteiger partial charge in [-0.25, -0.2) is 0 Å². The first-order valence-electron chi connectivity index (χ1n) is 4.49. The maximum atomic E-state index is 11.3. The van der Waals surface area contributed by atoms with Crippen LogP contribution >= 0.6 is 24.0 Å². The second-order valence-electron chi connectivity index (χ2n) is 3.10. The third kappa shape index (κ3) is 2.40. The number of thioether (sulfide) groups is 1. The Balaban J connectivity index is 2.12. The van der Waals surface area contributed by atoms with Gasteiger partial charge in [0.15, 0.2) is 4.32 Å². The van der Waals surface area contributed by atoms with Crippen molar-refractivity contribution >= 4 is 40.4 Å². The number of nitrogens with zero attached hydrogens (tertiary/aromatic N) is 2. The van der Waals surface area contributed by atoms with Gasteiger partial charge in [-0.3, -0.25) is 4.79 Å². The SMILES string of the molecule is O=C1CSC(=S)N1N=Cc1ccc(O)cc1. The predicted molar refractivity (Wildman–Crippen MR) is 67.6 cm³/mol. The molecule has 1 aromatic rings. The molecular weight excluding hydrogens is 244 g/mol. The zero-order valence-electron chi connectivity index (χ0n) is 8.16. The summed E-state index contributed by atoms with van der Waals surface area (Å²) in [6, 6.07) is 6.52. The molecule has 0 bridgehead atoms. The van der Waals surface area contributed by atoms with E-state index in [-0.39, 0.29) is 11.7 Å². The van der Waals surface area contributed by atoms with Gasteiger partial charge in [0, 0.05) is 0 Å². The Morgan fingerprint density at radius 2 is 2.12 bits per heavy atom. The van der Waals surface area contributed by atoms with Crippen LogP contribution < -0.4 is 0 Å². The van der Waals surface area contributed by atoms with Crippen LogP contribution in [0.3, 0.4) is 0 Å². The van der Waals surface area contributed by atoms with E-state index in [1.807, 2.05) is 0 Å². The fraction of sp³-hybridized carbons (Fsp3) is 0.100. The molecule has 1 heterocycles. The molecule has 4 nitrogen and oxygen atoms in total. The number of phenols is 1. The summed E-state index contributed by atoms with van der Waals surface area (Å²) in [5.41, 5.74) is 0.797. The van der Waals surface area contributed by atoms with Gasteiger partial charge < -0.3 is 5.11 Å². The molecule has 1 saturated heterocycles. The Morgan fingerprint density at radius 1 is 1.44 bits per heavy atom. The standard InChI is InChI=1S/C10H8N2O2S2/c13-8-3-1-7(2-4-8)5-11-12-9(14)6-16-10(12)15/h1-5,13H,6H2. The molecule has 1 aliphatic heterocycles. The minimum Gasteiger partial charge on any atom is -0.508 e. The summed E-state index contributed by atoms with van der Waals surface area (Å²) in [5.74, 6) is 0.441. The highest BCUT2D eigenvalue weighted by atomic mass is 32.2. The van der Waals surface area contributed by atoms with Crippen LogP contribution in [0, 0.1) is 0 Å². The van der Waals surface area contributed by atoms with Crippen LogP contribution in [0.2, 0.25) is 0 Å². The predicted octanol–water partition coefficient (Wildman–Crippen LogP) is 1.59. The van der Waals surface area contributed by atoms with E-state index in [2.05, 4.69) is 5.10 Å². The summed E-state index contributed by atoms with van der Waals surface area (Å²) in [6.07, 6.45) is 1.54.